The predicted octanol–water partition coefficient (Wildman–Crippen LogP) is 5.03. The van der Waals surface area contributed by atoms with Gasteiger partial charge >= 0.3 is 5.97 Å². The summed E-state index contributed by atoms with van der Waals surface area (Å²) in [6.45, 7) is 2.95. The Balaban J connectivity index is 1.25. The van der Waals surface area contributed by atoms with Crippen LogP contribution in [0.25, 0.3) is 6.08 Å². The SMILES string of the molecule is COc1ccc(C(CC(=O)NCC(=O)N2CC3CC(C2)c2cccc(=O)n2C3)c2c(O)cc3c(c2O)C(=O)O[C@@H](C)CCCC(=O)CCCC=C3)cc1. The number of aromatic nitrogens is 1. The molecule has 0 aliphatic carbocycles. The van der Waals surface area contributed by atoms with Crippen LogP contribution in [-0.4, -0.2) is 76.1 Å². The van der Waals surface area contributed by atoms with E-state index in [2.05, 4.69) is 5.32 Å². The van der Waals surface area contributed by atoms with E-state index in [4.69, 9.17) is 9.47 Å². The number of ketones is 1. The van der Waals surface area contributed by atoms with E-state index in [-0.39, 0.29) is 64.5 Å². The number of nitrogens with one attached hydrogen (secondary N) is 1. The van der Waals surface area contributed by atoms with Crippen molar-refractivity contribution in [1.29, 1.82) is 0 Å². The van der Waals surface area contributed by atoms with Gasteiger partial charge in [0.05, 0.1) is 19.8 Å². The maximum atomic E-state index is 13.7. The number of likely N-dealkylation sites (tertiary alicyclic amines) is 1. The molecule has 1 fully saturated rings. The molecule has 3 unspecified atom stereocenters. The molecule has 4 atom stereocenters. The molecule has 1 aromatic heterocycles. The van der Waals surface area contributed by atoms with Crippen molar-refractivity contribution in [1.82, 2.24) is 14.8 Å². The van der Waals surface area contributed by atoms with Crippen molar-refractivity contribution >= 4 is 29.6 Å². The zero-order valence-corrected chi connectivity index (χ0v) is 30.2. The Bertz CT molecular complexity index is 1950. The Kier molecular flexibility index (Phi) is 11.6. The van der Waals surface area contributed by atoms with Gasteiger partial charge in [-0.2, -0.15) is 0 Å². The Morgan fingerprint density at radius 2 is 1.79 bits per heavy atom. The lowest BCUT2D eigenvalue weighted by molar-refractivity contribution is -0.135. The molecular weight excluding hydrogens is 678 g/mol. The summed E-state index contributed by atoms with van der Waals surface area (Å²) in [7, 11) is 1.52. The largest absolute Gasteiger partial charge is 0.507 e. The molecule has 3 aliphatic rings. The van der Waals surface area contributed by atoms with Crippen LogP contribution in [0.2, 0.25) is 0 Å². The van der Waals surface area contributed by atoms with Gasteiger partial charge < -0.3 is 34.5 Å². The van der Waals surface area contributed by atoms with Gasteiger partial charge in [0.1, 0.15) is 28.6 Å². The monoisotopic (exact) mass is 725 g/mol. The quantitative estimate of drug-likeness (QED) is 0.283. The summed E-state index contributed by atoms with van der Waals surface area (Å²) in [5, 5.41) is 26.0. The molecule has 280 valence electrons. The highest BCUT2D eigenvalue weighted by molar-refractivity contribution is 5.98. The minimum atomic E-state index is -0.932. The molecule has 2 amide bonds. The molecule has 4 heterocycles. The number of aromatic hydroxyl groups is 2. The lowest BCUT2D eigenvalue weighted by atomic mass is 9.83. The van der Waals surface area contributed by atoms with Gasteiger partial charge in [-0.25, -0.2) is 4.79 Å². The molecule has 2 aromatic carbocycles. The van der Waals surface area contributed by atoms with Crippen LogP contribution in [0.4, 0.5) is 0 Å². The molecule has 6 rings (SSSR count). The van der Waals surface area contributed by atoms with Gasteiger partial charge in [-0.3, -0.25) is 19.2 Å². The minimum absolute atomic E-state index is 0.0297. The Hall–Kier alpha value is -5.39. The van der Waals surface area contributed by atoms with Crippen LogP contribution in [0.5, 0.6) is 17.2 Å². The van der Waals surface area contributed by atoms with Crippen molar-refractivity contribution in [2.24, 2.45) is 5.92 Å². The smallest absolute Gasteiger partial charge is 0.342 e. The molecule has 0 saturated carbocycles. The zero-order chi connectivity index (χ0) is 37.6. The number of benzene rings is 2. The molecular formula is C41H47N3O9. The number of allylic oxidation sites excluding steroid dienone is 1. The number of nitrogens with zero attached hydrogens (tertiary/aromatic N) is 2. The number of amides is 2. The molecule has 0 spiro atoms. The Labute approximate surface area is 308 Å². The maximum absolute atomic E-state index is 13.7. The number of cyclic esters (lactones) is 1. The first kappa shape index (κ1) is 37.4. The molecule has 3 aromatic rings. The van der Waals surface area contributed by atoms with Gasteiger partial charge in [-0.15, -0.1) is 0 Å². The number of Topliss-reactive ketones (excluding diaryl/α,β-unsaturated/α-hetero) is 1. The van der Waals surface area contributed by atoms with Gasteiger partial charge in [-0.1, -0.05) is 30.4 Å². The van der Waals surface area contributed by atoms with Crippen molar-refractivity contribution < 1.29 is 38.9 Å². The van der Waals surface area contributed by atoms with Gasteiger partial charge in [0.25, 0.3) is 5.56 Å². The van der Waals surface area contributed by atoms with E-state index < -0.39 is 29.6 Å². The van der Waals surface area contributed by atoms with Crippen molar-refractivity contribution in [3.63, 3.8) is 0 Å². The summed E-state index contributed by atoms with van der Waals surface area (Å²) in [6, 6.07) is 13.4. The van der Waals surface area contributed by atoms with E-state index in [1.807, 2.05) is 6.07 Å². The average Bonchev–Trinajstić information content (AvgIpc) is 3.13. The lowest BCUT2D eigenvalue weighted by Gasteiger charge is -2.42. The number of methoxy groups -OCH3 is 1. The van der Waals surface area contributed by atoms with Crippen LogP contribution in [0.3, 0.4) is 0 Å². The van der Waals surface area contributed by atoms with E-state index in [1.165, 1.54) is 13.2 Å². The lowest BCUT2D eigenvalue weighted by Crippen LogP contribution is -2.51. The molecule has 0 radical (unpaired) electrons. The van der Waals surface area contributed by atoms with Gasteiger partial charge in [0.15, 0.2) is 0 Å². The van der Waals surface area contributed by atoms with E-state index in [0.29, 0.717) is 69.5 Å². The number of carbonyl (C=O) groups is 4. The van der Waals surface area contributed by atoms with Crippen molar-refractivity contribution in [2.45, 2.75) is 82.8 Å². The van der Waals surface area contributed by atoms with Crippen molar-refractivity contribution in [3.8, 4) is 17.2 Å². The second-order valence-corrected chi connectivity index (χ2v) is 14.4. The summed E-state index contributed by atoms with van der Waals surface area (Å²) in [6.07, 6.45) is 6.54. The topological polar surface area (TPSA) is 164 Å². The standard InChI is InChI=1S/C41H47N3O9/c1-25-8-6-11-30(45)10-5-3-4-9-28-19-34(46)39(40(50)38(28)41(51)53-25)32(27-14-16-31(52-2)17-15-27)20-35(47)42-21-37(49)43-22-26-18-29(24-43)33-12-7-13-36(48)44(33)23-26/h4,7,9,12-17,19,25-26,29,32,46,50H,3,5-6,8,10-11,18,20-24H2,1-2H3,(H,42,47)/t25-,26?,29?,32?/m0/s1. The van der Waals surface area contributed by atoms with Crippen LogP contribution in [0.15, 0.2) is 59.4 Å². The molecule has 1 saturated heterocycles. The van der Waals surface area contributed by atoms with Crippen LogP contribution < -0.4 is 15.6 Å². The van der Waals surface area contributed by atoms with Crippen LogP contribution in [-0.2, 0) is 25.7 Å². The molecule has 12 heteroatoms. The molecule has 53 heavy (non-hydrogen) atoms. The van der Waals surface area contributed by atoms with Gasteiger partial charge in [0.2, 0.25) is 11.8 Å². The molecule has 2 bridgehead atoms. The second kappa shape index (κ2) is 16.5. The second-order valence-electron chi connectivity index (χ2n) is 14.4. The van der Waals surface area contributed by atoms with Crippen LogP contribution in [0.1, 0.15) is 103 Å². The van der Waals surface area contributed by atoms with Crippen molar-refractivity contribution in [3.05, 3.63) is 92.9 Å². The maximum Gasteiger partial charge on any atom is 0.342 e. The molecule has 3 aliphatic heterocycles. The summed E-state index contributed by atoms with van der Waals surface area (Å²) in [5.41, 5.74) is 1.51. The normalized spacial score (nSPS) is 21.0. The highest BCUT2D eigenvalue weighted by Crippen LogP contribution is 2.44. The van der Waals surface area contributed by atoms with Crippen LogP contribution in [0, 0.1) is 5.92 Å². The molecule has 12 nitrogen and oxygen atoms in total. The minimum Gasteiger partial charge on any atom is -0.507 e. The third-order valence-electron chi connectivity index (χ3n) is 10.6. The number of esters is 1. The van der Waals surface area contributed by atoms with E-state index >= 15 is 0 Å². The highest BCUT2D eigenvalue weighted by Gasteiger charge is 2.36. The third-order valence-corrected chi connectivity index (χ3v) is 10.6. The first-order chi connectivity index (χ1) is 25.5. The summed E-state index contributed by atoms with van der Waals surface area (Å²) >= 11 is 0. The number of piperidine rings is 1. The Morgan fingerprint density at radius 3 is 2.57 bits per heavy atom. The fourth-order valence-corrected chi connectivity index (χ4v) is 7.89. The van der Waals surface area contributed by atoms with Crippen molar-refractivity contribution in [2.75, 3.05) is 26.7 Å². The number of rotatable bonds is 7. The zero-order valence-electron chi connectivity index (χ0n) is 30.2. The first-order valence-electron chi connectivity index (χ1n) is 18.4. The Morgan fingerprint density at radius 1 is 1.02 bits per heavy atom. The third kappa shape index (κ3) is 8.64. The first-order valence-corrected chi connectivity index (χ1v) is 18.4. The number of phenols is 2. The van der Waals surface area contributed by atoms with E-state index in [0.717, 1.165) is 12.1 Å². The molecule has 3 N–H and O–H groups in total. The predicted molar refractivity (Wildman–Crippen MR) is 197 cm³/mol. The fourth-order valence-electron chi connectivity index (χ4n) is 7.89. The highest BCUT2D eigenvalue weighted by atomic mass is 16.5. The number of hydrogen-bond donors (Lipinski definition) is 3. The summed E-state index contributed by atoms with van der Waals surface area (Å²) < 4.78 is 12.8. The van der Waals surface area contributed by atoms with Crippen LogP contribution >= 0.6 is 0 Å². The number of ether oxygens (including phenoxy) is 2. The van der Waals surface area contributed by atoms with Gasteiger partial charge in [0, 0.05) is 68.1 Å². The number of pyridine rings is 1. The number of hydrogen-bond acceptors (Lipinski definition) is 9. The fraction of sp³-hybridized carbons (Fsp3) is 0.439. The number of phenolic OH excluding ortho intramolecular Hbond substituents is 2. The van der Waals surface area contributed by atoms with E-state index in [1.54, 1.807) is 64.9 Å². The average molecular weight is 726 g/mol. The van der Waals surface area contributed by atoms with E-state index in [9.17, 15) is 34.2 Å². The number of fused-ring (bicyclic) bond motifs is 5. The van der Waals surface area contributed by atoms with Gasteiger partial charge in [-0.05, 0) is 80.3 Å². The summed E-state index contributed by atoms with van der Waals surface area (Å²) in [5.74, 6) is -2.42. The number of carbonyl (C=O) groups excluding carboxylic acids is 4. The summed E-state index contributed by atoms with van der Waals surface area (Å²) in [4.78, 5) is 67.1.